The fourth-order valence-electron chi connectivity index (χ4n) is 2.20. The third-order valence-corrected chi connectivity index (χ3v) is 3.01. The molecular weight excluding hydrogens is 170 g/mol. The van der Waals surface area contributed by atoms with E-state index in [1.165, 1.54) is 25.1 Å². The van der Waals surface area contributed by atoms with E-state index in [-0.39, 0.29) is 0 Å². The van der Waals surface area contributed by atoms with Crippen molar-refractivity contribution in [2.75, 3.05) is 13.1 Å². The molecule has 0 radical (unpaired) electrons. The molecular formula is C13H19N. The maximum atomic E-state index is 2.55. The minimum Gasteiger partial charge on any atom is -0.299 e. The van der Waals surface area contributed by atoms with Crippen LogP contribution in [0.5, 0.6) is 0 Å². The first kappa shape index (κ1) is 9.72. The Morgan fingerprint density at radius 2 is 1.93 bits per heavy atom. The molecule has 0 aromatic heterocycles. The Bertz CT molecular complexity index is 289. The summed E-state index contributed by atoms with van der Waals surface area (Å²) in [5.74, 6) is 0. The average molecular weight is 189 g/mol. The van der Waals surface area contributed by atoms with Crippen LogP contribution in [0, 0.1) is 5.41 Å². The molecule has 1 nitrogen and oxygen atoms in total. The molecule has 0 amide bonds. The van der Waals surface area contributed by atoms with Crippen molar-refractivity contribution < 1.29 is 0 Å². The Labute approximate surface area is 86.7 Å². The van der Waals surface area contributed by atoms with Crippen LogP contribution in [0.3, 0.4) is 0 Å². The predicted molar refractivity (Wildman–Crippen MR) is 60.1 cm³/mol. The molecule has 0 unspecified atom stereocenters. The van der Waals surface area contributed by atoms with Crippen molar-refractivity contribution in [2.24, 2.45) is 5.41 Å². The number of benzene rings is 1. The first-order chi connectivity index (χ1) is 6.66. The molecule has 1 aliphatic rings. The zero-order valence-electron chi connectivity index (χ0n) is 9.16. The summed E-state index contributed by atoms with van der Waals surface area (Å²) in [6.07, 6.45) is 1.33. The van der Waals surface area contributed by atoms with Crippen LogP contribution in [-0.4, -0.2) is 18.0 Å². The summed E-state index contributed by atoms with van der Waals surface area (Å²) >= 11 is 0. The van der Waals surface area contributed by atoms with E-state index in [1.807, 2.05) is 0 Å². The molecule has 0 spiro atoms. The molecule has 1 fully saturated rings. The molecule has 0 N–H and O–H groups in total. The van der Waals surface area contributed by atoms with Crippen LogP contribution >= 0.6 is 0 Å². The van der Waals surface area contributed by atoms with Crippen molar-refractivity contribution in [2.45, 2.75) is 26.8 Å². The van der Waals surface area contributed by atoms with Gasteiger partial charge in [0.05, 0.1) is 0 Å². The number of hydrogen-bond donors (Lipinski definition) is 0. The summed E-state index contributed by atoms with van der Waals surface area (Å²) < 4.78 is 0. The van der Waals surface area contributed by atoms with E-state index >= 15 is 0 Å². The number of nitrogens with zero attached hydrogens (tertiary/aromatic N) is 1. The lowest BCUT2D eigenvalue weighted by molar-refractivity contribution is 0.284. The molecule has 76 valence electrons. The van der Waals surface area contributed by atoms with Gasteiger partial charge in [-0.05, 0) is 23.9 Å². The Morgan fingerprint density at radius 3 is 2.50 bits per heavy atom. The third-order valence-electron chi connectivity index (χ3n) is 3.01. The van der Waals surface area contributed by atoms with Gasteiger partial charge in [0, 0.05) is 13.1 Å². The molecule has 0 bridgehead atoms. The van der Waals surface area contributed by atoms with Crippen molar-refractivity contribution in [1.82, 2.24) is 4.90 Å². The standard InChI is InChI=1S/C13H19N/c1-13(2)8-9-14(11-13)10-12-6-4-3-5-7-12/h3-7H,8-11H2,1-2H3. The highest BCUT2D eigenvalue weighted by Gasteiger charge is 2.28. The quantitative estimate of drug-likeness (QED) is 0.691. The second kappa shape index (κ2) is 3.74. The van der Waals surface area contributed by atoms with E-state index < -0.39 is 0 Å². The summed E-state index contributed by atoms with van der Waals surface area (Å²) in [5.41, 5.74) is 1.96. The van der Waals surface area contributed by atoms with Crippen LogP contribution in [0.4, 0.5) is 0 Å². The van der Waals surface area contributed by atoms with Gasteiger partial charge in [-0.15, -0.1) is 0 Å². The molecule has 1 heterocycles. The molecule has 14 heavy (non-hydrogen) atoms. The normalized spacial score (nSPS) is 21.3. The maximum Gasteiger partial charge on any atom is 0.0233 e. The summed E-state index contributed by atoms with van der Waals surface area (Å²) in [6, 6.07) is 10.8. The van der Waals surface area contributed by atoms with Crippen molar-refractivity contribution >= 4 is 0 Å². The Balaban J connectivity index is 1.94. The smallest absolute Gasteiger partial charge is 0.0233 e. The first-order valence-electron chi connectivity index (χ1n) is 5.42. The van der Waals surface area contributed by atoms with Gasteiger partial charge in [-0.25, -0.2) is 0 Å². The highest BCUT2D eigenvalue weighted by atomic mass is 15.1. The Hall–Kier alpha value is -0.820. The molecule has 2 rings (SSSR count). The minimum absolute atomic E-state index is 0.523. The molecule has 0 aliphatic carbocycles. The van der Waals surface area contributed by atoms with Crippen LogP contribution in [0.1, 0.15) is 25.8 Å². The zero-order valence-corrected chi connectivity index (χ0v) is 9.16. The molecule has 1 aliphatic heterocycles. The fourth-order valence-corrected chi connectivity index (χ4v) is 2.20. The molecule has 0 atom stereocenters. The van der Waals surface area contributed by atoms with Gasteiger partial charge in [-0.1, -0.05) is 44.2 Å². The second-order valence-electron chi connectivity index (χ2n) is 5.11. The number of hydrogen-bond acceptors (Lipinski definition) is 1. The monoisotopic (exact) mass is 189 g/mol. The minimum atomic E-state index is 0.523. The van der Waals surface area contributed by atoms with E-state index in [0.29, 0.717) is 5.41 Å². The fraction of sp³-hybridized carbons (Fsp3) is 0.538. The van der Waals surface area contributed by atoms with Crippen LogP contribution in [0.25, 0.3) is 0 Å². The van der Waals surface area contributed by atoms with Gasteiger partial charge in [-0.3, -0.25) is 4.90 Å². The summed E-state index contributed by atoms with van der Waals surface area (Å²) in [7, 11) is 0. The van der Waals surface area contributed by atoms with Gasteiger partial charge in [0.25, 0.3) is 0 Å². The molecule has 1 heteroatoms. The molecule has 1 saturated heterocycles. The SMILES string of the molecule is CC1(C)CCN(Cc2ccccc2)C1. The van der Waals surface area contributed by atoms with Gasteiger partial charge in [0.2, 0.25) is 0 Å². The second-order valence-corrected chi connectivity index (χ2v) is 5.11. The van der Waals surface area contributed by atoms with E-state index in [0.717, 1.165) is 6.54 Å². The number of likely N-dealkylation sites (tertiary alicyclic amines) is 1. The van der Waals surface area contributed by atoms with Crippen molar-refractivity contribution in [1.29, 1.82) is 0 Å². The van der Waals surface area contributed by atoms with Crippen LogP contribution in [0.15, 0.2) is 30.3 Å². The van der Waals surface area contributed by atoms with E-state index in [1.54, 1.807) is 0 Å². The molecule has 1 aromatic carbocycles. The van der Waals surface area contributed by atoms with E-state index in [9.17, 15) is 0 Å². The summed E-state index contributed by atoms with van der Waals surface area (Å²) in [4.78, 5) is 2.55. The van der Waals surface area contributed by atoms with Gasteiger partial charge < -0.3 is 0 Å². The lowest BCUT2D eigenvalue weighted by atomic mass is 9.93. The van der Waals surface area contributed by atoms with Crippen molar-refractivity contribution in [3.05, 3.63) is 35.9 Å². The van der Waals surface area contributed by atoms with Gasteiger partial charge in [0.1, 0.15) is 0 Å². The molecule has 1 aromatic rings. The van der Waals surface area contributed by atoms with Crippen LogP contribution in [-0.2, 0) is 6.54 Å². The highest BCUT2D eigenvalue weighted by molar-refractivity contribution is 5.14. The number of rotatable bonds is 2. The lowest BCUT2D eigenvalue weighted by Gasteiger charge is -2.19. The van der Waals surface area contributed by atoms with Gasteiger partial charge >= 0.3 is 0 Å². The largest absolute Gasteiger partial charge is 0.299 e. The Kier molecular flexibility index (Phi) is 2.60. The van der Waals surface area contributed by atoms with Gasteiger partial charge in [0.15, 0.2) is 0 Å². The predicted octanol–water partition coefficient (Wildman–Crippen LogP) is 2.92. The van der Waals surface area contributed by atoms with E-state index in [4.69, 9.17) is 0 Å². The lowest BCUT2D eigenvalue weighted by Crippen LogP contribution is -2.22. The highest BCUT2D eigenvalue weighted by Crippen LogP contribution is 2.29. The first-order valence-corrected chi connectivity index (χ1v) is 5.42. The summed E-state index contributed by atoms with van der Waals surface area (Å²) in [6.45, 7) is 8.32. The average Bonchev–Trinajstić information content (AvgIpc) is 2.47. The zero-order chi connectivity index (χ0) is 10.0. The van der Waals surface area contributed by atoms with Crippen LogP contribution < -0.4 is 0 Å². The Morgan fingerprint density at radius 1 is 1.21 bits per heavy atom. The van der Waals surface area contributed by atoms with Crippen LogP contribution in [0.2, 0.25) is 0 Å². The summed E-state index contributed by atoms with van der Waals surface area (Å²) in [5, 5.41) is 0. The topological polar surface area (TPSA) is 3.24 Å². The van der Waals surface area contributed by atoms with Gasteiger partial charge in [-0.2, -0.15) is 0 Å². The maximum absolute atomic E-state index is 2.55. The van der Waals surface area contributed by atoms with E-state index in [2.05, 4.69) is 49.1 Å². The van der Waals surface area contributed by atoms with Crippen molar-refractivity contribution in [3.8, 4) is 0 Å². The third kappa shape index (κ3) is 2.36. The molecule has 0 saturated carbocycles. The van der Waals surface area contributed by atoms with Crippen molar-refractivity contribution in [3.63, 3.8) is 0 Å².